The predicted octanol–water partition coefficient (Wildman–Crippen LogP) is 2.53. The Bertz CT molecular complexity index is 1600. The van der Waals surface area contributed by atoms with E-state index in [1.54, 1.807) is 35.6 Å². The fourth-order valence-corrected chi connectivity index (χ4v) is 6.97. The van der Waals surface area contributed by atoms with Gasteiger partial charge >= 0.3 is 0 Å². The number of fused-ring (bicyclic) bond motifs is 6. The van der Waals surface area contributed by atoms with Gasteiger partial charge in [0.25, 0.3) is 5.01 Å². The summed E-state index contributed by atoms with van der Waals surface area (Å²) in [6.07, 6.45) is 7.72. The molecule has 2 aromatic carbocycles. The van der Waals surface area contributed by atoms with E-state index in [1.807, 2.05) is 18.2 Å². The molecule has 3 aromatic heterocycles. The maximum atomic E-state index is 9.76. The highest BCUT2D eigenvalue weighted by atomic mass is 35.5. The molecule has 9 heteroatoms. The molecule has 4 heterocycles. The van der Waals surface area contributed by atoms with Crippen molar-refractivity contribution in [3.8, 4) is 0 Å². The highest BCUT2D eigenvalue weighted by Crippen LogP contribution is 2.49. The van der Waals surface area contributed by atoms with E-state index in [0.29, 0.717) is 13.1 Å². The van der Waals surface area contributed by atoms with Gasteiger partial charge in [-0.15, -0.1) is 0 Å². The van der Waals surface area contributed by atoms with Crippen molar-refractivity contribution in [1.82, 2.24) is 0 Å². The molecule has 0 saturated carbocycles. The van der Waals surface area contributed by atoms with Crippen molar-refractivity contribution in [2.24, 2.45) is 0 Å². The zero-order valence-electron chi connectivity index (χ0n) is 18.9. The number of hydrogen-bond donors (Lipinski definition) is 2. The first-order valence-electron chi connectivity index (χ1n) is 11.1. The van der Waals surface area contributed by atoms with Crippen LogP contribution >= 0.6 is 23.1 Å². The van der Waals surface area contributed by atoms with Crippen LogP contribution < -0.4 is 21.9 Å². The zero-order valence-corrected chi connectivity index (χ0v) is 21.3. The molecule has 1 aliphatic heterocycles. The number of aliphatic hydroxyl groups excluding tert-OH is 2. The number of allylic oxidation sites excluding steroid dienone is 2. The number of hydrogen-bond acceptors (Lipinski definition) is 7. The molecular formula is C26H23ClN2O4S2. The normalized spacial score (nSPS) is 15.0. The van der Waals surface area contributed by atoms with Crippen molar-refractivity contribution in [2.45, 2.75) is 18.4 Å². The van der Waals surface area contributed by atoms with Crippen LogP contribution in [0.15, 0.2) is 79.3 Å². The Morgan fingerprint density at radius 3 is 2.74 bits per heavy atom. The van der Waals surface area contributed by atoms with Gasteiger partial charge < -0.3 is 36.4 Å². The lowest BCUT2D eigenvalue weighted by atomic mass is 10.2. The summed E-state index contributed by atoms with van der Waals surface area (Å²) in [7, 11) is 0. The Kier molecular flexibility index (Phi) is 6.65. The predicted molar refractivity (Wildman–Crippen MR) is 137 cm³/mol. The molecule has 0 unspecified atom stereocenters. The Balaban J connectivity index is 0.00000253. The van der Waals surface area contributed by atoms with Crippen LogP contribution in [0.5, 0.6) is 0 Å². The molecule has 0 amide bonds. The number of anilines is 1. The van der Waals surface area contributed by atoms with Gasteiger partial charge in [-0.3, -0.25) is 0 Å². The van der Waals surface area contributed by atoms with E-state index in [-0.39, 0.29) is 25.6 Å². The second-order valence-electron chi connectivity index (χ2n) is 8.16. The van der Waals surface area contributed by atoms with E-state index >= 15 is 0 Å². The lowest BCUT2D eigenvalue weighted by Gasteiger charge is -2.19. The fourth-order valence-electron chi connectivity index (χ4n) is 4.55. The molecule has 0 spiro atoms. The van der Waals surface area contributed by atoms with Crippen molar-refractivity contribution in [3.05, 3.63) is 70.6 Å². The average Bonchev–Trinajstić information content (AvgIpc) is 3.59. The quantitative estimate of drug-likeness (QED) is 0.331. The van der Waals surface area contributed by atoms with Crippen molar-refractivity contribution < 1.29 is 36.0 Å². The van der Waals surface area contributed by atoms with Crippen molar-refractivity contribution in [2.75, 3.05) is 24.7 Å². The lowest BCUT2D eigenvalue weighted by Crippen LogP contribution is -3.00. The summed E-state index contributed by atoms with van der Waals surface area (Å²) in [6.45, 7) is 3.18. The SMILES string of the molecule is CC(/C=C1\Sc2ccc3ccoc3c2N1CCO)=C\c1sc2ccc3occc3c2[n+]1CCO.[Cl-]. The van der Waals surface area contributed by atoms with Crippen LogP contribution in [0.1, 0.15) is 11.9 Å². The first kappa shape index (κ1) is 24.0. The zero-order chi connectivity index (χ0) is 23.2. The van der Waals surface area contributed by atoms with Crippen LogP contribution in [0.25, 0.3) is 38.2 Å². The number of rotatable bonds is 6. The summed E-state index contributed by atoms with van der Waals surface area (Å²) in [6, 6.07) is 12.2. The van der Waals surface area contributed by atoms with Gasteiger partial charge in [0.15, 0.2) is 12.1 Å². The van der Waals surface area contributed by atoms with Crippen LogP contribution in [0.2, 0.25) is 0 Å². The number of benzene rings is 2. The molecule has 5 aromatic rings. The number of β-amino-alcohol motifs (C(OH)–C–C–N with tert-alkyl or cyclic N) is 1. The number of aliphatic hydroxyl groups is 2. The third-order valence-corrected chi connectivity index (χ3v) is 8.17. The van der Waals surface area contributed by atoms with E-state index in [4.69, 9.17) is 8.83 Å². The molecule has 180 valence electrons. The van der Waals surface area contributed by atoms with Crippen LogP contribution in [-0.2, 0) is 6.54 Å². The van der Waals surface area contributed by atoms with Gasteiger partial charge in [-0.05, 0) is 55.0 Å². The maximum Gasteiger partial charge on any atom is 0.263 e. The third-order valence-electron chi connectivity index (χ3n) is 5.98. The first-order valence-corrected chi connectivity index (χ1v) is 12.7. The van der Waals surface area contributed by atoms with Crippen LogP contribution in [0, 0.1) is 0 Å². The maximum absolute atomic E-state index is 9.76. The van der Waals surface area contributed by atoms with Crippen molar-refractivity contribution in [1.29, 1.82) is 0 Å². The van der Waals surface area contributed by atoms with Gasteiger partial charge in [-0.2, -0.15) is 4.57 Å². The van der Waals surface area contributed by atoms with Crippen molar-refractivity contribution >= 4 is 67.0 Å². The summed E-state index contributed by atoms with van der Waals surface area (Å²) in [4.78, 5) is 3.25. The smallest absolute Gasteiger partial charge is 0.263 e. The molecule has 0 atom stereocenters. The molecule has 35 heavy (non-hydrogen) atoms. The lowest BCUT2D eigenvalue weighted by molar-refractivity contribution is -0.669. The molecule has 0 bridgehead atoms. The van der Waals surface area contributed by atoms with E-state index < -0.39 is 0 Å². The number of thioether (sulfide) groups is 1. The van der Waals surface area contributed by atoms with Gasteiger partial charge in [-0.1, -0.05) is 23.1 Å². The fraction of sp³-hybridized carbons (Fsp3) is 0.192. The third kappa shape index (κ3) is 4.05. The molecule has 0 fully saturated rings. The molecule has 2 N–H and O–H groups in total. The Morgan fingerprint density at radius 1 is 1.06 bits per heavy atom. The number of furan rings is 2. The monoisotopic (exact) mass is 526 g/mol. The van der Waals surface area contributed by atoms with Gasteiger partial charge in [0.1, 0.15) is 16.9 Å². The molecule has 6 nitrogen and oxygen atoms in total. The molecule has 6 rings (SSSR count). The molecular weight excluding hydrogens is 504 g/mol. The van der Waals surface area contributed by atoms with Crippen LogP contribution in [0.3, 0.4) is 0 Å². The van der Waals surface area contributed by atoms with E-state index in [9.17, 15) is 10.2 Å². The number of nitrogens with zero attached hydrogens (tertiary/aromatic N) is 2. The minimum Gasteiger partial charge on any atom is -1.00 e. The van der Waals surface area contributed by atoms with Crippen LogP contribution in [0.4, 0.5) is 5.69 Å². The highest BCUT2D eigenvalue weighted by Gasteiger charge is 2.29. The van der Waals surface area contributed by atoms with Gasteiger partial charge in [0, 0.05) is 22.9 Å². The van der Waals surface area contributed by atoms with E-state index in [2.05, 4.69) is 46.7 Å². The van der Waals surface area contributed by atoms with Crippen LogP contribution in [-0.4, -0.2) is 30.0 Å². The second kappa shape index (κ2) is 9.72. The molecule has 0 radical (unpaired) electrons. The Labute approximate surface area is 216 Å². The average molecular weight is 527 g/mol. The topological polar surface area (TPSA) is 73.9 Å². The Hall–Kier alpha value is -2.75. The summed E-state index contributed by atoms with van der Waals surface area (Å²) in [5.74, 6) is 0. The molecule has 0 saturated heterocycles. The summed E-state index contributed by atoms with van der Waals surface area (Å²) in [5.41, 5.74) is 4.87. The van der Waals surface area contributed by atoms with E-state index in [0.717, 1.165) is 58.3 Å². The minimum absolute atomic E-state index is 0. The molecule has 1 aliphatic rings. The number of thiazole rings is 1. The largest absolute Gasteiger partial charge is 1.00 e. The number of halogens is 1. The summed E-state index contributed by atoms with van der Waals surface area (Å²) < 4.78 is 14.7. The minimum atomic E-state index is 0. The number of aromatic nitrogens is 1. The Morgan fingerprint density at radius 2 is 1.91 bits per heavy atom. The van der Waals surface area contributed by atoms with Gasteiger partial charge in [0.2, 0.25) is 5.52 Å². The highest BCUT2D eigenvalue weighted by molar-refractivity contribution is 8.03. The molecule has 0 aliphatic carbocycles. The standard InChI is InChI=1S/C26H23N2O4S2.ClH/c1-16(14-22-27(8-10-29)24-18-7-13-31-19(18)3-5-20(24)33-22)15-23-28(9-11-30)25-21(34-23)4-2-17-6-12-32-26(17)25;/h2-7,12-15,29-30H,8-11H2,1H3;1H/q+1;/p-1. The first-order chi connectivity index (χ1) is 16.7. The van der Waals surface area contributed by atoms with Gasteiger partial charge in [0.05, 0.1) is 35.2 Å². The van der Waals surface area contributed by atoms with Crippen molar-refractivity contribution in [3.63, 3.8) is 0 Å². The summed E-state index contributed by atoms with van der Waals surface area (Å²) in [5, 5.41) is 23.7. The second-order valence-corrected chi connectivity index (χ2v) is 10.3. The van der Waals surface area contributed by atoms with Gasteiger partial charge in [-0.25, -0.2) is 0 Å². The van der Waals surface area contributed by atoms with E-state index in [1.165, 1.54) is 0 Å². The summed E-state index contributed by atoms with van der Waals surface area (Å²) >= 11 is 3.38.